The minimum Gasteiger partial charge on any atom is -0.481 e. The first-order chi connectivity index (χ1) is 5.75. The molecule has 2 nitrogen and oxygen atoms in total. The van der Waals surface area contributed by atoms with Gasteiger partial charge in [-0.3, -0.25) is 4.79 Å². The Morgan fingerprint density at radius 3 is 2.58 bits per heavy atom. The molecule has 1 aliphatic rings. The molecule has 0 spiro atoms. The second-order valence-electron chi connectivity index (χ2n) is 3.56. The van der Waals surface area contributed by atoms with Crippen LogP contribution >= 0.6 is 0 Å². The summed E-state index contributed by atoms with van der Waals surface area (Å²) in [5.74, 6) is -0.277. The van der Waals surface area contributed by atoms with Gasteiger partial charge in [-0.25, -0.2) is 0 Å². The maximum atomic E-state index is 10.8. The lowest BCUT2D eigenvalue weighted by Gasteiger charge is -2.26. The number of hydrogen-bond acceptors (Lipinski definition) is 1. The fourth-order valence-electron chi connectivity index (χ4n) is 2.06. The van der Waals surface area contributed by atoms with Gasteiger partial charge in [0.15, 0.2) is 0 Å². The molecule has 1 rings (SSSR count). The van der Waals surface area contributed by atoms with E-state index < -0.39 is 5.97 Å². The fourth-order valence-corrected chi connectivity index (χ4v) is 2.06. The number of aliphatic carboxylic acids is 1. The molecule has 12 heavy (non-hydrogen) atoms. The molecule has 0 aromatic heterocycles. The van der Waals surface area contributed by atoms with Crippen LogP contribution in [0, 0.1) is 18.3 Å². The van der Waals surface area contributed by atoms with E-state index in [2.05, 4.69) is 6.42 Å². The maximum absolute atomic E-state index is 10.8. The van der Waals surface area contributed by atoms with E-state index in [0.29, 0.717) is 5.92 Å². The van der Waals surface area contributed by atoms with E-state index in [4.69, 9.17) is 5.11 Å². The second kappa shape index (κ2) is 4.48. The van der Waals surface area contributed by atoms with Crippen LogP contribution in [0.1, 0.15) is 39.0 Å². The van der Waals surface area contributed by atoms with Crippen LogP contribution in [-0.4, -0.2) is 11.1 Å². The third kappa shape index (κ3) is 2.23. The monoisotopic (exact) mass is 169 g/mol. The highest BCUT2D eigenvalue weighted by molar-refractivity contribution is 5.70. The molecule has 1 aliphatic carbocycles. The summed E-state index contributed by atoms with van der Waals surface area (Å²) in [5, 5.41) is 8.92. The lowest BCUT2D eigenvalue weighted by atomic mass is 9.79. The van der Waals surface area contributed by atoms with Gasteiger partial charge >= 0.3 is 5.97 Å². The van der Waals surface area contributed by atoms with Crippen molar-refractivity contribution >= 4 is 5.97 Å². The van der Waals surface area contributed by atoms with Crippen molar-refractivity contribution in [2.75, 3.05) is 0 Å². The van der Waals surface area contributed by atoms with E-state index in [1.807, 2.05) is 6.92 Å². The van der Waals surface area contributed by atoms with Gasteiger partial charge in [0.05, 0.1) is 5.92 Å². The summed E-state index contributed by atoms with van der Waals surface area (Å²) in [6.45, 7) is 1.97. The Bertz CT molecular complexity index is 148. The molecule has 1 saturated carbocycles. The quantitative estimate of drug-likeness (QED) is 0.704. The topological polar surface area (TPSA) is 37.3 Å². The van der Waals surface area contributed by atoms with E-state index in [-0.39, 0.29) is 5.92 Å². The van der Waals surface area contributed by atoms with E-state index in [9.17, 15) is 4.79 Å². The van der Waals surface area contributed by atoms with Gasteiger partial charge in [-0.15, -0.1) is 0 Å². The molecule has 0 saturated heterocycles. The zero-order chi connectivity index (χ0) is 8.97. The smallest absolute Gasteiger partial charge is 0.306 e. The molecule has 69 valence electrons. The van der Waals surface area contributed by atoms with Gasteiger partial charge in [-0.2, -0.15) is 0 Å². The Balaban J connectivity index is 2.46. The van der Waals surface area contributed by atoms with Crippen LogP contribution in [0.15, 0.2) is 0 Å². The van der Waals surface area contributed by atoms with E-state index >= 15 is 0 Å². The SMILES string of the molecule is CCC(C(=O)O)C1CC[CH]CC1. The predicted octanol–water partition coefficient (Wildman–Crippen LogP) is 2.49. The Labute approximate surface area is 74.0 Å². The van der Waals surface area contributed by atoms with Gasteiger partial charge in [-0.1, -0.05) is 6.92 Å². The molecule has 1 radical (unpaired) electrons. The highest BCUT2D eigenvalue weighted by Crippen LogP contribution is 2.31. The molecule has 1 atom stereocenters. The minimum absolute atomic E-state index is 0.0984. The predicted molar refractivity (Wildman–Crippen MR) is 47.7 cm³/mol. The Kier molecular flexibility index (Phi) is 3.57. The van der Waals surface area contributed by atoms with Crippen LogP contribution in [0.2, 0.25) is 0 Å². The van der Waals surface area contributed by atoms with Crippen molar-refractivity contribution in [3.8, 4) is 0 Å². The molecule has 0 bridgehead atoms. The molecular weight excluding hydrogens is 152 g/mol. The van der Waals surface area contributed by atoms with E-state index in [1.165, 1.54) is 0 Å². The first-order valence-electron chi connectivity index (χ1n) is 4.80. The van der Waals surface area contributed by atoms with Crippen molar-refractivity contribution in [2.24, 2.45) is 11.8 Å². The van der Waals surface area contributed by atoms with E-state index in [1.54, 1.807) is 0 Å². The Morgan fingerprint density at radius 2 is 2.17 bits per heavy atom. The van der Waals surface area contributed by atoms with Gasteiger partial charge < -0.3 is 5.11 Å². The molecule has 1 fully saturated rings. The number of hydrogen-bond donors (Lipinski definition) is 1. The van der Waals surface area contributed by atoms with Crippen LogP contribution < -0.4 is 0 Å². The van der Waals surface area contributed by atoms with Gasteiger partial charge in [0.25, 0.3) is 0 Å². The first kappa shape index (κ1) is 9.56. The van der Waals surface area contributed by atoms with Crippen molar-refractivity contribution < 1.29 is 9.90 Å². The molecule has 0 heterocycles. The second-order valence-corrected chi connectivity index (χ2v) is 3.56. The highest BCUT2D eigenvalue weighted by atomic mass is 16.4. The van der Waals surface area contributed by atoms with Crippen LogP contribution in [0.5, 0.6) is 0 Å². The van der Waals surface area contributed by atoms with Crippen LogP contribution in [0.4, 0.5) is 0 Å². The zero-order valence-corrected chi connectivity index (χ0v) is 7.62. The standard InChI is InChI=1S/C10H17O2/c1-2-9(10(11)12)8-6-4-3-5-7-8/h3,8-9H,2,4-7H2,1H3,(H,11,12). The number of carboxylic acids is 1. The molecule has 0 amide bonds. The van der Waals surface area contributed by atoms with Crippen LogP contribution in [0.3, 0.4) is 0 Å². The molecule has 1 unspecified atom stereocenters. The molecule has 0 aromatic rings. The minimum atomic E-state index is -0.607. The largest absolute Gasteiger partial charge is 0.481 e. The molecule has 0 aliphatic heterocycles. The third-order valence-electron chi connectivity index (χ3n) is 2.81. The van der Waals surface area contributed by atoms with Crippen LogP contribution in [0.25, 0.3) is 0 Å². The maximum Gasteiger partial charge on any atom is 0.306 e. The number of carbonyl (C=O) groups is 1. The van der Waals surface area contributed by atoms with Crippen molar-refractivity contribution in [1.82, 2.24) is 0 Å². The summed E-state index contributed by atoms with van der Waals surface area (Å²) < 4.78 is 0. The molecule has 2 heteroatoms. The average Bonchev–Trinajstić information content (AvgIpc) is 2.07. The summed E-state index contributed by atoms with van der Waals surface area (Å²) in [7, 11) is 0. The molecular formula is C10H17O2. The van der Waals surface area contributed by atoms with Crippen molar-refractivity contribution in [2.45, 2.75) is 39.0 Å². The van der Waals surface area contributed by atoms with Crippen molar-refractivity contribution in [3.63, 3.8) is 0 Å². The lowest BCUT2D eigenvalue weighted by molar-refractivity contribution is -0.144. The van der Waals surface area contributed by atoms with E-state index in [0.717, 1.165) is 32.1 Å². The normalized spacial score (nSPS) is 22.1. The summed E-state index contributed by atoms with van der Waals surface area (Å²) in [6, 6.07) is 0. The summed E-state index contributed by atoms with van der Waals surface area (Å²) in [6.07, 6.45) is 7.41. The molecule has 0 aromatic carbocycles. The van der Waals surface area contributed by atoms with Gasteiger partial charge in [0.2, 0.25) is 0 Å². The number of rotatable bonds is 3. The molecule has 1 N–H and O–H groups in total. The fraction of sp³-hybridized carbons (Fsp3) is 0.800. The number of carboxylic acid groups (broad SMARTS) is 1. The third-order valence-corrected chi connectivity index (χ3v) is 2.81. The summed E-state index contributed by atoms with van der Waals surface area (Å²) in [4.78, 5) is 10.8. The lowest BCUT2D eigenvalue weighted by Crippen LogP contribution is -2.24. The Morgan fingerprint density at radius 1 is 1.58 bits per heavy atom. The van der Waals surface area contributed by atoms with Gasteiger partial charge in [0, 0.05) is 0 Å². The average molecular weight is 169 g/mol. The van der Waals surface area contributed by atoms with Crippen LogP contribution in [-0.2, 0) is 4.79 Å². The zero-order valence-electron chi connectivity index (χ0n) is 7.62. The van der Waals surface area contributed by atoms with Crippen molar-refractivity contribution in [1.29, 1.82) is 0 Å². The highest BCUT2D eigenvalue weighted by Gasteiger charge is 2.27. The summed E-state index contributed by atoms with van der Waals surface area (Å²) >= 11 is 0. The van der Waals surface area contributed by atoms with Gasteiger partial charge in [0.1, 0.15) is 0 Å². The summed E-state index contributed by atoms with van der Waals surface area (Å²) in [5.41, 5.74) is 0. The van der Waals surface area contributed by atoms with Crippen molar-refractivity contribution in [3.05, 3.63) is 6.42 Å². The Hall–Kier alpha value is -0.530. The first-order valence-corrected chi connectivity index (χ1v) is 4.80. The van der Waals surface area contributed by atoms with Gasteiger partial charge in [-0.05, 0) is 44.4 Å².